The van der Waals surface area contributed by atoms with Gasteiger partial charge in [-0.05, 0) is 60.1 Å². The second-order valence-corrected chi connectivity index (χ2v) is 14.1. The first-order chi connectivity index (χ1) is 26.9. The van der Waals surface area contributed by atoms with Crippen LogP contribution in [0, 0.1) is 11.8 Å². The quantitative estimate of drug-likeness (QED) is 0.0814. The Labute approximate surface area is 327 Å². The number of ether oxygens (including phenoxy) is 2. The Balaban J connectivity index is 1.53. The number of pyridine rings is 2. The molecule has 298 valence electrons. The van der Waals surface area contributed by atoms with E-state index in [0.29, 0.717) is 11.4 Å². The van der Waals surface area contributed by atoms with E-state index in [2.05, 4.69) is 31.2 Å². The molecule has 2 unspecified atom stereocenters. The van der Waals surface area contributed by atoms with Crippen molar-refractivity contribution >= 4 is 24.0 Å². The highest BCUT2D eigenvalue weighted by Crippen LogP contribution is 2.17. The molecule has 6 N–H and O–H groups in total. The lowest BCUT2D eigenvalue weighted by Gasteiger charge is -2.35. The minimum Gasteiger partial charge on any atom is -0.443 e. The van der Waals surface area contributed by atoms with Crippen LogP contribution in [0.2, 0.25) is 0 Å². The van der Waals surface area contributed by atoms with E-state index in [-0.39, 0.29) is 26.1 Å². The van der Waals surface area contributed by atoms with Crippen LogP contribution in [0.3, 0.4) is 0 Å². The SMILES string of the molecule is CC(C)C(NC(=O)OCc1ccccn1)C(=O)N[C@@H](Cc1ccccc1)[C@@H](O)[C@H](O)[C@H](Cc1ccccc1)NC(=O)C(NC(=O)OCc1ccccn1)C(C)C. The highest BCUT2D eigenvalue weighted by molar-refractivity contribution is 5.87. The summed E-state index contributed by atoms with van der Waals surface area (Å²) in [6.07, 6.45) is -1.55. The fraction of sp³-hybridized carbons (Fsp3) is 0.381. The van der Waals surface area contributed by atoms with Gasteiger partial charge in [-0.3, -0.25) is 19.6 Å². The number of aromatic nitrogens is 2. The van der Waals surface area contributed by atoms with Crippen molar-refractivity contribution in [2.75, 3.05) is 0 Å². The Morgan fingerprint density at radius 3 is 1.21 bits per heavy atom. The first-order valence-electron chi connectivity index (χ1n) is 18.6. The molecule has 0 aliphatic rings. The molecule has 4 rings (SSSR count). The number of alkyl carbamates (subject to hydrolysis) is 2. The molecule has 4 amide bonds. The molecule has 0 radical (unpaired) electrons. The van der Waals surface area contributed by atoms with Crippen molar-refractivity contribution in [3.63, 3.8) is 0 Å². The standard InChI is InChI=1S/C42H52N6O8/c1-27(2)35(47-41(53)55-25-31-19-11-13-21-43-31)39(51)45-33(23-29-15-7-5-8-16-29)37(49)38(50)34(24-30-17-9-6-10-18-30)46-40(52)36(28(3)4)48-42(54)56-26-32-20-12-14-22-44-32/h5-22,27-28,33-38,49-50H,23-26H2,1-4H3,(H,45,51)(H,46,52)(H,47,53)(H,48,54)/t33-,34-,35?,36?,37+,38+/m0/s1. The topological polar surface area (TPSA) is 201 Å². The van der Waals surface area contributed by atoms with Crippen molar-refractivity contribution in [3.05, 3.63) is 132 Å². The van der Waals surface area contributed by atoms with Crippen LogP contribution in [0.25, 0.3) is 0 Å². The van der Waals surface area contributed by atoms with Crippen LogP contribution in [-0.2, 0) is 45.1 Å². The third-order valence-corrected chi connectivity index (χ3v) is 9.03. The molecule has 0 aliphatic carbocycles. The maximum atomic E-state index is 13.9. The molecule has 56 heavy (non-hydrogen) atoms. The van der Waals surface area contributed by atoms with Gasteiger partial charge in [0, 0.05) is 12.4 Å². The lowest BCUT2D eigenvalue weighted by molar-refractivity contribution is -0.129. The predicted octanol–water partition coefficient (Wildman–Crippen LogP) is 3.86. The van der Waals surface area contributed by atoms with Crippen LogP contribution in [-0.4, -0.2) is 80.6 Å². The molecule has 2 heterocycles. The molecule has 6 atom stereocenters. The number of hydrogen-bond acceptors (Lipinski definition) is 10. The summed E-state index contributed by atoms with van der Waals surface area (Å²) in [5.74, 6) is -2.01. The van der Waals surface area contributed by atoms with Crippen LogP contribution < -0.4 is 21.3 Å². The fourth-order valence-electron chi connectivity index (χ4n) is 5.92. The molecule has 2 aromatic heterocycles. The number of carbonyl (C=O) groups excluding carboxylic acids is 4. The van der Waals surface area contributed by atoms with Gasteiger partial charge in [-0.25, -0.2) is 9.59 Å². The summed E-state index contributed by atoms with van der Waals surface area (Å²) >= 11 is 0. The van der Waals surface area contributed by atoms with E-state index in [4.69, 9.17) is 9.47 Å². The molecule has 4 aromatic rings. The molecule has 0 saturated heterocycles. The van der Waals surface area contributed by atoms with E-state index in [1.165, 1.54) is 0 Å². The number of rotatable bonds is 19. The molecule has 0 saturated carbocycles. The number of hydrogen-bond donors (Lipinski definition) is 6. The highest BCUT2D eigenvalue weighted by atomic mass is 16.6. The maximum absolute atomic E-state index is 13.9. The molecule has 2 aromatic carbocycles. The zero-order valence-electron chi connectivity index (χ0n) is 32.1. The summed E-state index contributed by atoms with van der Waals surface area (Å²) in [4.78, 5) is 61.6. The van der Waals surface area contributed by atoms with E-state index >= 15 is 0 Å². The number of aliphatic hydroxyl groups is 2. The number of benzene rings is 2. The molecular weight excluding hydrogens is 716 g/mol. The van der Waals surface area contributed by atoms with E-state index < -0.39 is 72.2 Å². The van der Waals surface area contributed by atoms with Crippen LogP contribution in [0.5, 0.6) is 0 Å². The lowest BCUT2D eigenvalue weighted by Crippen LogP contribution is -2.61. The third-order valence-electron chi connectivity index (χ3n) is 9.03. The molecule has 14 nitrogen and oxygen atoms in total. The Morgan fingerprint density at radius 1 is 0.536 bits per heavy atom. The first kappa shape index (κ1) is 42.9. The second-order valence-electron chi connectivity index (χ2n) is 14.1. The largest absolute Gasteiger partial charge is 0.443 e. The van der Waals surface area contributed by atoms with Crippen LogP contribution in [0.4, 0.5) is 9.59 Å². The third kappa shape index (κ3) is 13.8. The predicted molar refractivity (Wildman–Crippen MR) is 209 cm³/mol. The Bertz CT molecular complexity index is 1670. The minimum absolute atomic E-state index is 0.101. The number of nitrogens with one attached hydrogen (secondary N) is 4. The van der Waals surface area contributed by atoms with E-state index in [9.17, 15) is 29.4 Å². The van der Waals surface area contributed by atoms with Gasteiger partial charge in [-0.15, -0.1) is 0 Å². The summed E-state index contributed by atoms with van der Waals surface area (Å²) in [7, 11) is 0. The fourth-order valence-corrected chi connectivity index (χ4v) is 5.92. The van der Waals surface area contributed by atoms with Crippen LogP contribution >= 0.6 is 0 Å². The second kappa shape index (κ2) is 21.9. The summed E-state index contributed by atoms with van der Waals surface area (Å²) < 4.78 is 10.6. The lowest BCUT2D eigenvalue weighted by atomic mass is 9.90. The first-order valence-corrected chi connectivity index (χ1v) is 18.6. The summed E-state index contributed by atoms with van der Waals surface area (Å²) in [5.41, 5.74) is 2.57. The molecule has 0 fully saturated rings. The van der Waals surface area contributed by atoms with Crippen molar-refractivity contribution in [1.29, 1.82) is 0 Å². The van der Waals surface area contributed by atoms with Gasteiger partial charge >= 0.3 is 12.2 Å². The van der Waals surface area contributed by atoms with Crippen LogP contribution in [0.1, 0.15) is 50.2 Å². The van der Waals surface area contributed by atoms with Crippen molar-refractivity contribution < 1.29 is 38.9 Å². The number of aliphatic hydroxyl groups excluding tert-OH is 2. The number of carbonyl (C=O) groups is 4. The number of amides is 4. The molecule has 0 spiro atoms. The zero-order chi connectivity index (χ0) is 40.5. The van der Waals surface area contributed by atoms with Crippen LogP contribution in [0.15, 0.2) is 109 Å². The maximum Gasteiger partial charge on any atom is 0.408 e. The molecule has 0 aliphatic heterocycles. The van der Waals surface area contributed by atoms with Crippen molar-refractivity contribution in [2.24, 2.45) is 11.8 Å². The van der Waals surface area contributed by atoms with Gasteiger partial charge < -0.3 is 41.0 Å². The highest BCUT2D eigenvalue weighted by Gasteiger charge is 2.37. The number of nitrogens with zero attached hydrogens (tertiary/aromatic N) is 2. The Morgan fingerprint density at radius 2 is 0.893 bits per heavy atom. The monoisotopic (exact) mass is 768 g/mol. The average Bonchev–Trinajstić information content (AvgIpc) is 3.20. The molecule has 0 bridgehead atoms. The smallest absolute Gasteiger partial charge is 0.408 e. The molecule has 14 heteroatoms. The van der Waals surface area contributed by atoms with Gasteiger partial charge in [0.1, 0.15) is 37.5 Å². The van der Waals surface area contributed by atoms with Gasteiger partial charge in [0.15, 0.2) is 0 Å². The van der Waals surface area contributed by atoms with Crippen molar-refractivity contribution in [1.82, 2.24) is 31.2 Å². The van der Waals surface area contributed by atoms with Gasteiger partial charge in [0.05, 0.1) is 23.5 Å². The van der Waals surface area contributed by atoms with E-state index in [1.54, 1.807) is 76.5 Å². The van der Waals surface area contributed by atoms with E-state index in [0.717, 1.165) is 11.1 Å². The van der Waals surface area contributed by atoms with Gasteiger partial charge in [-0.2, -0.15) is 0 Å². The van der Waals surface area contributed by atoms with Gasteiger partial charge in [0.25, 0.3) is 0 Å². The summed E-state index contributed by atoms with van der Waals surface area (Å²) in [6.45, 7) is 6.79. The average molecular weight is 769 g/mol. The summed E-state index contributed by atoms with van der Waals surface area (Å²) in [5, 5.41) is 34.7. The Hall–Kier alpha value is -5.86. The minimum atomic E-state index is -1.62. The molecular formula is C42H52N6O8. The zero-order valence-corrected chi connectivity index (χ0v) is 32.1. The Kier molecular flexibility index (Phi) is 16.8. The van der Waals surface area contributed by atoms with E-state index in [1.807, 2.05) is 60.7 Å². The summed E-state index contributed by atoms with van der Waals surface area (Å²) in [6, 6.07) is 24.3. The van der Waals surface area contributed by atoms with Gasteiger partial charge in [0.2, 0.25) is 11.8 Å². The van der Waals surface area contributed by atoms with Crippen molar-refractivity contribution in [2.45, 2.75) is 90.1 Å². The van der Waals surface area contributed by atoms with Gasteiger partial charge in [-0.1, -0.05) is 100 Å². The van der Waals surface area contributed by atoms with Crippen molar-refractivity contribution in [3.8, 4) is 0 Å². The normalized spacial score (nSPS) is 14.4.